The van der Waals surface area contributed by atoms with Crippen LogP contribution in [0.5, 0.6) is 0 Å². The first-order valence-electron chi connectivity index (χ1n) is 8.23. The van der Waals surface area contributed by atoms with Crippen LogP contribution in [0.2, 0.25) is 10.2 Å². The molecule has 0 radical (unpaired) electrons. The summed E-state index contributed by atoms with van der Waals surface area (Å²) in [6, 6.07) is 18.6. The Morgan fingerprint density at radius 1 is 1.00 bits per heavy atom. The number of nitrogens with zero attached hydrogens (tertiary/aromatic N) is 3. The van der Waals surface area contributed by atoms with Gasteiger partial charge in [-0.25, -0.2) is 9.97 Å². The van der Waals surface area contributed by atoms with E-state index in [0.29, 0.717) is 23.1 Å². The van der Waals surface area contributed by atoms with Gasteiger partial charge in [0.05, 0.1) is 23.1 Å². The molecule has 4 aromatic rings. The smallest absolute Gasteiger partial charge is 0.261 e. The minimum atomic E-state index is -0.360. The summed E-state index contributed by atoms with van der Waals surface area (Å²) in [5.74, 6) is 0.0804. The van der Waals surface area contributed by atoms with Gasteiger partial charge in [0.1, 0.15) is 5.15 Å². The number of pyridine rings is 1. The van der Waals surface area contributed by atoms with Crippen molar-refractivity contribution < 1.29 is 4.79 Å². The normalized spacial score (nSPS) is 10.9. The zero-order chi connectivity index (χ0) is 18.8. The lowest BCUT2D eigenvalue weighted by Crippen LogP contribution is -2.17. The fraction of sp³-hybridized carbons (Fsp3) is 0.0500. The highest BCUT2D eigenvalue weighted by Crippen LogP contribution is 2.23. The highest BCUT2D eigenvalue weighted by atomic mass is 35.5. The van der Waals surface area contributed by atoms with Crippen LogP contribution in [0.25, 0.3) is 11.0 Å². The maximum Gasteiger partial charge on any atom is 0.261 e. The minimum Gasteiger partial charge on any atom is -0.305 e. The van der Waals surface area contributed by atoms with Gasteiger partial charge in [0.2, 0.25) is 5.95 Å². The Hall–Kier alpha value is -2.89. The van der Waals surface area contributed by atoms with Crippen LogP contribution in [0.1, 0.15) is 15.9 Å². The van der Waals surface area contributed by atoms with Crippen molar-refractivity contribution in [3.05, 3.63) is 88.2 Å². The molecule has 1 amide bonds. The van der Waals surface area contributed by atoms with Gasteiger partial charge in [-0.1, -0.05) is 47.5 Å². The number of nitrogens with one attached hydrogen (secondary N) is 1. The number of carbonyl (C=O) groups is 1. The van der Waals surface area contributed by atoms with Crippen molar-refractivity contribution in [1.29, 1.82) is 0 Å². The van der Waals surface area contributed by atoms with Gasteiger partial charge in [-0.15, -0.1) is 0 Å². The van der Waals surface area contributed by atoms with Crippen LogP contribution in [0.4, 0.5) is 5.95 Å². The van der Waals surface area contributed by atoms with Gasteiger partial charge < -0.3 is 4.57 Å². The van der Waals surface area contributed by atoms with Crippen molar-refractivity contribution in [1.82, 2.24) is 14.5 Å². The lowest BCUT2D eigenvalue weighted by atomic mass is 10.2. The summed E-state index contributed by atoms with van der Waals surface area (Å²) in [5.41, 5.74) is 3.04. The summed E-state index contributed by atoms with van der Waals surface area (Å²) in [6.07, 6.45) is 1.54. The van der Waals surface area contributed by atoms with E-state index in [1.54, 1.807) is 12.1 Å². The molecule has 0 bridgehead atoms. The van der Waals surface area contributed by atoms with E-state index in [1.165, 1.54) is 6.20 Å². The van der Waals surface area contributed by atoms with Crippen molar-refractivity contribution in [2.24, 2.45) is 0 Å². The Bertz CT molecular complexity index is 1120. The second-order valence-electron chi connectivity index (χ2n) is 5.93. The standard InChI is InChI=1S/C20H14Cl2N4O/c21-14-9-7-13(8-10-14)12-26-17-6-2-1-5-16(17)24-20(26)25-19(27)15-4-3-11-23-18(15)22/h1-11H,12H2,(H,24,25,27). The number of imidazole rings is 1. The first-order valence-corrected chi connectivity index (χ1v) is 8.99. The molecule has 4 rings (SSSR count). The van der Waals surface area contributed by atoms with E-state index >= 15 is 0 Å². The Morgan fingerprint density at radius 3 is 2.56 bits per heavy atom. The minimum absolute atomic E-state index is 0.148. The monoisotopic (exact) mass is 396 g/mol. The number of hydrogen-bond donors (Lipinski definition) is 1. The number of amides is 1. The second kappa shape index (κ2) is 7.39. The molecule has 0 atom stereocenters. The lowest BCUT2D eigenvalue weighted by Gasteiger charge is -2.11. The van der Waals surface area contributed by atoms with Gasteiger partial charge in [-0.3, -0.25) is 10.1 Å². The molecule has 7 heteroatoms. The van der Waals surface area contributed by atoms with Gasteiger partial charge >= 0.3 is 0 Å². The number of benzene rings is 2. The summed E-state index contributed by atoms with van der Waals surface area (Å²) in [5, 5.41) is 3.67. The molecule has 2 heterocycles. The number of anilines is 1. The van der Waals surface area contributed by atoms with Crippen LogP contribution in [0.15, 0.2) is 66.9 Å². The van der Waals surface area contributed by atoms with E-state index in [4.69, 9.17) is 23.2 Å². The van der Waals surface area contributed by atoms with Crippen LogP contribution in [0, 0.1) is 0 Å². The van der Waals surface area contributed by atoms with E-state index in [9.17, 15) is 4.79 Å². The van der Waals surface area contributed by atoms with Crippen LogP contribution >= 0.6 is 23.2 Å². The number of carbonyl (C=O) groups excluding carboxylic acids is 1. The van der Waals surface area contributed by atoms with Gasteiger partial charge in [-0.05, 0) is 42.0 Å². The van der Waals surface area contributed by atoms with Gasteiger partial charge in [0.25, 0.3) is 5.91 Å². The van der Waals surface area contributed by atoms with Crippen molar-refractivity contribution in [3.8, 4) is 0 Å². The Kier molecular flexibility index (Phi) is 4.79. The van der Waals surface area contributed by atoms with Crippen molar-refractivity contribution >= 4 is 46.1 Å². The summed E-state index contributed by atoms with van der Waals surface area (Å²) >= 11 is 12.0. The van der Waals surface area contributed by atoms with Crippen LogP contribution < -0.4 is 5.32 Å². The zero-order valence-electron chi connectivity index (χ0n) is 14.1. The van der Waals surface area contributed by atoms with Crippen LogP contribution in [0.3, 0.4) is 0 Å². The van der Waals surface area contributed by atoms with Crippen LogP contribution in [-0.4, -0.2) is 20.4 Å². The average Bonchev–Trinajstić information content (AvgIpc) is 3.01. The highest BCUT2D eigenvalue weighted by Gasteiger charge is 2.16. The average molecular weight is 397 g/mol. The molecule has 134 valence electrons. The molecule has 0 spiro atoms. The molecule has 2 aromatic carbocycles. The SMILES string of the molecule is O=C(Nc1nc2ccccc2n1Cc1ccc(Cl)cc1)c1cccnc1Cl. The lowest BCUT2D eigenvalue weighted by molar-refractivity contribution is 0.102. The van der Waals surface area contributed by atoms with Crippen molar-refractivity contribution in [3.63, 3.8) is 0 Å². The zero-order valence-corrected chi connectivity index (χ0v) is 15.6. The van der Waals surface area contributed by atoms with Gasteiger partial charge in [0, 0.05) is 11.2 Å². The summed E-state index contributed by atoms with van der Waals surface area (Å²) in [7, 11) is 0. The molecule has 0 aliphatic rings. The molecule has 2 aromatic heterocycles. The third-order valence-electron chi connectivity index (χ3n) is 4.14. The predicted octanol–water partition coefficient (Wildman–Crippen LogP) is 5.04. The topological polar surface area (TPSA) is 59.8 Å². The molecule has 0 aliphatic heterocycles. The summed E-state index contributed by atoms with van der Waals surface area (Å²) in [4.78, 5) is 21.2. The molecule has 5 nitrogen and oxygen atoms in total. The molecular weight excluding hydrogens is 383 g/mol. The molecular formula is C20H14Cl2N4O. The molecule has 0 fully saturated rings. The maximum absolute atomic E-state index is 12.7. The second-order valence-corrected chi connectivity index (χ2v) is 6.73. The predicted molar refractivity (Wildman–Crippen MR) is 107 cm³/mol. The summed E-state index contributed by atoms with van der Waals surface area (Å²) in [6.45, 7) is 0.536. The molecule has 0 saturated carbocycles. The fourth-order valence-corrected chi connectivity index (χ4v) is 3.16. The van der Waals surface area contributed by atoms with E-state index in [-0.39, 0.29) is 11.1 Å². The third kappa shape index (κ3) is 3.65. The first-order chi connectivity index (χ1) is 13.1. The number of aromatic nitrogens is 3. The number of rotatable bonds is 4. The van der Waals surface area contributed by atoms with Crippen LogP contribution in [-0.2, 0) is 6.54 Å². The number of halogens is 2. The highest BCUT2D eigenvalue weighted by molar-refractivity contribution is 6.33. The quantitative estimate of drug-likeness (QED) is 0.491. The Labute approximate surface area is 165 Å². The molecule has 0 saturated heterocycles. The van der Waals surface area contributed by atoms with E-state index in [0.717, 1.165) is 16.6 Å². The molecule has 27 heavy (non-hydrogen) atoms. The molecule has 0 unspecified atom stereocenters. The largest absolute Gasteiger partial charge is 0.305 e. The number of hydrogen-bond acceptors (Lipinski definition) is 3. The molecule has 0 aliphatic carbocycles. The summed E-state index contributed by atoms with van der Waals surface area (Å²) < 4.78 is 1.95. The van der Waals surface area contributed by atoms with Crippen molar-refractivity contribution in [2.45, 2.75) is 6.54 Å². The van der Waals surface area contributed by atoms with E-state index in [2.05, 4.69) is 15.3 Å². The Morgan fingerprint density at radius 2 is 1.78 bits per heavy atom. The van der Waals surface area contributed by atoms with Crippen molar-refractivity contribution in [2.75, 3.05) is 5.32 Å². The fourth-order valence-electron chi connectivity index (χ4n) is 2.83. The number of fused-ring (bicyclic) bond motifs is 1. The Balaban J connectivity index is 1.72. The maximum atomic E-state index is 12.7. The van der Waals surface area contributed by atoms with E-state index < -0.39 is 0 Å². The first kappa shape index (κ1) is 17.5. The third-order valence-corrected chi connectivity index (χ3v) is 4.69. The molecule has 1 N–H and O–H groups in total. The number of para-hydroxylation sites is 2. The van der Waals surface area contributed by atoms with Gasteiger partial charge in [-0.2, -0.15) is 0 Å². The van der Waals surface area contributed by atoms with Gasteiger partial charge in [0.15, 0.2) is 0 Å². The van der Waals surface area contributed by atoms with E-state index in [1.807, 2.05) is 53.1 Å².